The van der Waals surface area contributed by atoms with Crippen molar-refractivity contribution in [3.05, 3.63) is 41.0 Å². The third kappa shape index (κ3) is 4.81. The molecule has 33 heavy (non-hydrogen) atoms. The number of anilines is 3. The Hall–Kier alpha value is -2.72. The summed E-state index contributed by atoms with van der Waals surface area (Å²) >= 11 is 3.45. The number of hydrogen-bond acceptors (Lipinski definition) is 7. The number of hydrogen-bond donors (Lipinski definition) is 0. The lowest BCUT2D eigenvalue weighted by atomic mass is 10.1. The predicted molar refractivity (Wildman–Crippen MR) is 128 cm³/mol. The molecule has 0 radical (unpaired) electrons. The van der Waals surface area contributed by atoms with Gasteiger partial charge in [0.05, 0.1) is 31.0 Å². The summed E-state index contributed by atoms with van der Waals surface area (Å²) in [5, 5.41) is 8.49. The van der Waals surface area contributed by atoms with Crippen molar-refractivity contribution in [2.75, 3.05) is 73.7 Å². The van der Waals surface area contributed by atoms with E-state index in [9.17, 15) is 9.59 Å². The van der Waals surface area contributed by atoms with Crippen molar-refractivity contribution in [2.24, 2.45) is 5.92 Å². The van der Waals surface area contributed by atoms with E-state index in [1.54, 1.807) is 11.1 Å². The van der Waals surface area contributed by atoms with Crippen LogP contribution in [0.3, 0.4) is 0 Å². The van der Waals surface area contributed by atoms with Crippen LogP contribution in [0.4, 0.5) is 17.2 Å². The van der Waals surface area contributed by atoms with E-state index in [0.29, 0.717) is 32.8 Å². The van der Waals surface area contributed by atoms with Gasteiger partial charge in [-0.1, -0.05) is 22.0 Å². The molecule has 0 N–H and O–H groups in total. The van der Waals surface area contributed by atoms with E-state index in [0.717, 1.165) is 47.8 Å². The Balaban J connectivity index is 1.18. The van der Waals surface area contributed by atoms with Crippen LogP contribution in [0.1, 0.15) is 6.42 Å². The number of aromatic nitrogens is 2. The van der Waals surface area contributed by atoms with Gasteiger partial charge in [-0.25, -0.2) is 0 Å². The van der Waals surface area contributed by atoms with Gasteiger partial charge in [-0.15, -0.1) is 5.10 Å². The topological polar surface area (TPSA) is 82.1 Å². The molecule has 0 spiro atoms. The molecule has 3 aliphatic heterocycles. The third-order valence-corrected chi connectivity index (χ3v) is 7.01. The first kappa shape index (κ1) is 22.1. The molecule has 2 aromatic rings. The molecule has 1 aromatic carbocycles. The van der Waals surface area contributed by atoms with E-state index in [4.69, 9.17) is 4.74 Å². The highest BCUT2D eigenvalue weighted by Gasteiger charge is 2.38. The number of halogens is 1. The quantitative estimate of drug-likeness (QED) is 0.614. The first-order chi connectivity index (χ1) is 16.1. The lowest BCUT2D eigenvalue weighted by Gasteiger charge is -2.37. The summed E-state index contributed by atoms with van der Waals surface area (Å²) < 4.78 is 6.34. The van der Waals surface area contributed by atoms with Crippen molar-refractivity contribution in [2.45, 2.75) is 6.42 Å². The standard InChI is InChI=1S/C23H27BrN6O3/c24-18-2-1-3-19(13-18)30-16-17(12-22(30)31)23(32)29-6-4-27(5-7-29)20-14-21(26-25-15-20)28-8-10-33-11-9-28/h1-3,13-15,17H,4-12,16H2. The predicted octanol–water partition coefficient (Wildman–Crippen LogP) is 1.78. The number of morpholine rings is 1. The average Bonchev–Trinajstić information content (AvgIpc) is 3.26. The van der Waals surface area contributed by atoms with Gasteiger partial charge < -0.3 is 24.3 Å². The zero-order valence-corrected chi connectivity index (χ0v) is 20.0. The Kier molecular flexibility index (Phi) is 6.45. The maximum atomic E-state index is 13.2. The van der Waals surface area contributed by atoms with Crippen molar-refractivity contribution >= 4 is 44.9 Å². The molecular weight excluding hydrogens is 488 g/mol. The molecule has 4 heterocycles. The summed E-state index contributed by atoms with van der Waals surface area (Å²) in [6.07, 6.45) is 2.05. The number of carbonyl (C=O) groups excluding carboxylic acids is 2. The Bertz CT molecular complexity index is 1020. The minimum atomic E-state index is -0.293. The molecule has 3 fully saturated rings. The lowest BCUT2D eigenvalue weighted by molar-refractivity contribution is -0.136. The van der Waals surface area contributed by atoms with Crippen LogP contribution in [0.2, 0.25) is 0 Å². The molecule has 0 saturated carbocycles. The smallest absolute Gasteiger partial charge is 0.228 e. The first-order valence-electron chi connectivity index (χ1n) is 11.3. The van der Waals surface area contributed by atoms with Crippen LogP contribution in [-0.4, -0.2) is 85.9 Å². The van der Waals surface area contributed by atoms with E-state index in [1.807, 2.05) is 29.2 Å². The zero-order chi connectivity index (χ0) is 22.8. The SMILES string of the molecule is O=C(C1CC(=O)N(c2cccc(Br)c2)C1)N1CCN(c2cnnc(N3CCOCC3)c2)CC1. The maximum absolute atomic E-state index is 13.2. The van der Waals surface area contributed by atoms with E-state index >= 15 is 0 Å². The first-order valence-corrected chi connectivity index (χ1v) is 12.1. The average molecular weight is 515 g/mol. The minimum Gasteiger partial charge on any atom is -0.378 e. The second kappa shape index (κ2) is 9.64. The Morgan fingerprint density at radius 3 is 2.55 bits per heavy atom. The van der Waals surface area contributed by atoms with Crippen molar-refractivity contribution in [1.29, 1.82) is 0 Å². The molecule has 1 aromatic heterocycles. The van der Waals surface area contributed by atoms with Gasteiger partial charge in [0, 0.05) is 68.5 Å². The largest absolute Gasteiger partial charge is 0.378 e. The second-order valence-electron chi connectivity index (χ2n) is 8.57. The Morgan fingerprint density at radius 2 is 1.79 bits per heavy atom. The number of rotatable bonds is 4. The number of amides is 2. The molecule has 3 aliphatic rings. The molecule has 10 heteroatoms. The number of ether oxygens (including phenoxy) is 1. The fourth-order valence-corrected chi connectivity index (χ4v) is 5.06. The van der Waals surface area contributed by atoms with Crippen molar-refractivity contribution < 1.29 is 14.3 Å². The van der Waals surface area contributed by atoms with Crippen LogP contribution < -0.4 is 14.7 Å². The van der Waals surface area contributed by atoms with Gasteiger partial charge in [0.25, 0.3) is 0 Å². The van der Waals surface area contributed by atoms with Crippen molar-refractivity contribution in [3.8, 4) is 0 Å². The number of piperazine rings is 1. The lowest BCUT2D eigenvalue weighted by Crippen LogP contribution is -2.50. The number of carbonyl (C=O) groups is 2. The zero-order valence-electron chi connectivity index (χ0n) is 18.4. The number of nitrogens with zero attached hydrogens (tertiary/aromatic N) is 6. The highest BCUT2D eigenvalue weighted by molar-refractivity contribution is 9.10. The van der Waals surface area contributed by atoms with Gasteiger partial charge in [-0.3, -0.25) is 9.59 Å². The summed E-state index contributed by atoms with van der Waals surface area (Å²) in [5.74, 6) is 0.649. The molecule has 5 rings (SSSR count). The normalized spacial score (nSPS) is 21.6. The van der Waals surface area contributed by atoms with Gasteiger partial charge in [0.15, 0.2) is 5.82 Å². The van der Waals surface area contributed by atoms with Crippen LogP contribution in [-0.2, 0) is 14.3 Å². The van der Waals surface area contributed by atoms with Gasteiger partial charge in [-0.05, 0) is 18.2 Å². The number of benzene rings is 1. The maximum Gasteiger partial charge on any atom is 0.228 e. The van der Waals surface area contributed by atoms with Crippen LogP contribution >= 0.6 is 15.9 Å². The summed E-state index contributed by atoms with van der Waals surface area (Å²) in [7, 11) is 0. The van der Waals surface area contributed by atoms with Crippen molar-refractivity contribution in [1.82, 2.24) is 15.1 Å². The van der Waals surface area contributed by atoms with Gasteiger partial charge >= 0.3 is 0 Å². The molecule has 9 nitrogen and oxygen atoms in total. The molecule has 1 atom stereocenters. The molecule has 1 unspecified atom stereocenters. The summed E-state index contributed by atoms with van der Waals surface area (Å²) in [4.78, 5) is 33.8. The summed E-state index contributed by atoms with van der Waals surface area (Å²) in [6, 6.07) is 9.72. The second-order valence-corrected chi connectivity index (χ2v) is 9.48. The highest BCUT2D eigenvalue weighted by Crippen LogP contribution is 2.29. The molecule has 174 valence electrons. The fourth-order valence-electron chi connectivity index (χ4n) is 4.68. The van der Waals surface area contributed by atoms with Crippen LogP contribution in [0.25, 0.3) is 0 Å². The van der Waals surface area contributed by atoms with E-state index in [1.165, 1.54) is 0 Å². The Morgan fingerprint density at radius 1 is 1.00 bits per heavy atom. The van der Waals surface area contributed by atoms with Gasteiger partial charge in [-0.2, -0.15) is 5.10 Å². The third-order valence-electron chi connectivity index (χ3n) is 6.51. The van der Waals surface area contributed by atoms with E-state index in [2.05, 4.69) is 42.0 Å². The van der Waals surface area contributed by atoms with Crippen LogP contribution in [0, 0.1) is 5.92 Å². The Labute approximate surface area is 201 Å². The van der Waals surface area contributed by atoms with Gasteiger partial charge in [0.1, 0.15) is 0 Å². The summed E-state index contributed by atoms with van der Waals surface area (Å²) in [5.41, 5.74) is 1.85. The van der Waals surface area contributed by atoms with Gasteiger partial charge in [0.2, 0.25) is 11.8 Å². The molecule has 2 amide bonds. The fraction of sp³-hybridized carbons (Fsp3) is 0.478. The van der Waals surface area contributed by atoms with Crippen LogP contribution in [0.15, 0.2) is 41.0 Å². The summed E-state index contributed by atoms with van der Waals surface area (Å²) in [6.45, 7) is 6.21. The monoisotopic (exact) mass is 514 g/mol. The van der Waals surface area contributed by atoms with E-state index < -0.39 is 0 Å². The van der Waals surface area contributed by atoms with Crippen molar-refractivity contribution in [3.63, 3.8) is 0 Å². The highest BCUT2D eigenvalue weighted by atomic mass is 79.9. The molecule has 0 aliphatic carbocycles. The molecule has 0 bridgehead atoms. The minimum absolute atomic E-state index is 0.00332. The van der Waals surface area contributed by atoms with E-state index in [-0.39, 0.29) is 24.2 Å². The molecular formula is C23H27BrN6O3. The van der Waals surface area contributed by atoms with Crippen LogP contribution in [0.5, 0.6) is 0 Å². The molecule has 3 saturated heterocycles.